The van der Waals surface area contributed by atoms with E-state index in [1.807, 2.05) is 0 Å². The Morgan fingerprint density at radius 3 is 2.48 bits per heavy atom. The molecule has 1 unspecified atom stereocenters. The molecule has 0 bridgehead atoms. The molecule has 1 atom stereocenters. The average Bonchev–Trinajstić information content (AvgIpc) is 3.07. The summed E-state index contributed by atoms with van der Waals surface area (Å²) in [6.07, 6.45) is 0.755. The van der Waals surface area contributed by atoms with Crippen molar-refractivity contribution in [3.63, 3.8) is 0 Å². The van der Waals surface area contributed by atoms with Gasteiger partial charge in [0.1, 0.15) is 11.4 Å². The molecule has 2 aliphatic heterocycles. The van der Waals surface area contributed by atoms with Gasteiger partial charge in [-0.3, -0.25) is 14.5 Å². The number of ether oxygens (including phenoxy) is 1. The molecular formula is C24H23FN2O4. The second-order valence-electron chi connectivity index (χ2n) is 7.93. The quantitative estimate of drug-likeness (QED) is 0.632. The van der Waals surface area contributed by atoms with Gasteiger partial charge in [-0.1, -0.05) is 24.3 Å². The third-order valence-corrected chi connectivity index (χ3v) is 6.04. The lowest BCUT2D eigenvalue weighted by Gasteiger charge is -2.29. The number of benzene rings is 2. The fourth-order valence-corrected chi connectivity index (χ4v) is 4.48. The molecule has 6 nitrogen and oxygen atoms in total. The van der Waals surface area contributed by atoms with Crippen LogP contribution in [0.2, 0.25) is 0 Å². The zero-order valence-corrected chi connectivity index (χ0v) is 17.1. The molecule has 3 heterocycles. The first kappa shape index (κ1) is 19.9. The summed E-state index contributed by atoms with van der Waals surface area (Å²) in [6, 6.07) is 12.3. The van der Waals surface area contributed by atoms with Gasteiger partial charge in [0.15, 0.2) is 5.43 Å². The standard InChI is InChI=1S/C24H23FN2O4/c25-17-8-6-16(7-9-17)21-20-22(28)18-4-1-2-5-19(18)31-23(20)24(29)27(21)11-3-10-26-12-14-30-15-13-26/h1-2,4-9,21H,3,10-15H2. The van der Waals surface area contributed by atoms with Crippen molar-refractivity contribution in [2.45, 2.75) is 12.5 Å². The van der Waals surface area contributed by atoms with Crippen molar-refractivity contribution >= 4 is 16.9 Å². The van der Waals surface area contributed by atoms with E-state index in [0.717, 1.165) is 39.3 Å². The van der Waals surface area contributed by atoms with Crippen molar-refractivity contribution in [2.75, 3.05) is 39.4 Å². The molecule has 1 amide bonds. The van der Waals surface area contributed by atoms with Crippen molar-refractivity contribution in [1.82, 2.24) is 9.80 Å². The normalized spacial score (nSPS) is 19.2. The van der Waals surface area contributed by atoms with Gasteiger partial charge in [0.05, 0.1) is 30.2 Å². The summed E-state index contributed by atoms with van der Waals surface area (Å²) in [4.78, 5) is 30.6. The summed E-state index contributed by atoms with van der Waals surface area (Å²) in [7, 11) is 0. The molecule has 1 fully saturated rings. The molecule has 2 aliphatic rings. The third-order valence-electron chi connectivity index (χ3n) is 6.04. The maximum Gasteiger partial charge on any atom is 0.290 e. The van der Waals surface area contributed by atoms with Crippen LogP contribution >= 0.6 is 0 Å². The number of carbonyl (C=O) groups excluding carboxylic acids is 1. The molecule has 2 aromatic carbocycles. The number of fused-ring (bicyclic) bond motifs is 2. The highest BCUT2D eigenvalue weighted by molar-refractivity contribution is 5.99. The van der Waals surface area contributed by atoms with Crippen molar-refractivity contribution in [3.8, 4) is 0 Å². The highest BCUT2D eigenvalue weighted by Gasteiger charge is 2.42. The number of para-hydroxylation sites is 1. The molecule has 0 N–H and O–H groups in total. The maximum atomic E-state index is 13.6. The van der Waals surface area contributed by atoms with E-state index in [1.165, 1.54) is 12.1 Å². The van der Waals surface area contributed by atoms with Gasteiger partial charge in [-0.25, -0.2) is 4.39 Å². The number of rotatable bonds is 5. The van der Waals surface area contributed by atoms with E-state index in [-0.39, 0.29) is 22.9 Å². The minimum atomic E-state index is -0.589. The van der Waals surface area contributed by atoms with Crippen molar-refractivity contribution in [1.29, 1.82) is 0 Å². The maximum absolute atomic E-state index is 13.6. The Balaban J connectivity index is 1.52. The Hall–Kier alpha value is -3.03. The van der Waals surface area contributed by atoms with Gasteiger partial charge in [0, 0.05) is 26.2 Å². The Morgan fingerprint density at radius 2 is 1.71 bits per heavy atom. The first-order chi connectivity index (χ1) is 15.1. The van der Waals surface area contributed by atoms with E-state index in [9.17, 15) is 14.0 Å². The van der Waals surface area contributed by atoms with Gasteiger partial charge in [0.25, 0.3) is 5.91 Å². The number of carbonyl (C=O) groups is 1. The Bertz CT molecular complexity index is 1170. The summed E-state index contributed by atoms with van der Waals surface area (Å²) in [6.45, 7) is 4.50. The van der Waals surface area contributed by atoms with Gasteiger partial charge in [0.2, 0.25) is 5.76 Å². The average molecular weight is 422 g/mol. The number of nitrogens with zero attached hydrogens (tertiary/aromatic N) is 2. The molecular weight excluding hydrogens is 399 g/mol. The van der Waals surface area contributed by atoms with Crippen LogP contribution in [0.4, 0.5) is 4.39 Å². The van der Waals surface area contributed by atoms with Crippen LogP contribution in [0.5, 0.6) is 0 Å². The lowest BCUT2D eigenvalue weighted by atomic mass is 9.98. The van der Waals surface area contributed by atoms with E-state index in [1.54, 1.807) is 41.3 Å². The Morgan fingerprint density at radius 1 is 0.968 bits per heavy atom. The molecule has 1 aromatic heterocycles. The van der Waals surface area contributed by atoms with E-state index in [0.29, 0.717) is 28.6 Å². The third kappa shape index (κ3) is 3.64. The smallest absolute Gasteiger partial charge is 0.290 e. The second-order valence-corrected chi connectivity index (χ2v) is 7.93. The number of halogens is 1. The van der Waals surface area contributed by atoms with Crippen LogP contribution in [0.1, 0.15) is 34.1 Å². The van der Waals surface area contributed by atoms with Crippen LogP contribution in [-0.4, -0.2) is 55.1 Å². The number of amides is 1. The van der Waals surface area contributed by atoms with Crippen LogP contribution in [0.15, 0.2) is 57.7 Å². The summed E-state index contributed by atoms with van der Waals surface area (Å²) < 4.78 is 24.9. The summed E-state index contributed by atoms with van der Waals surface area (Å²) in [5, 5.41) is 0.441. The van der Waals surface area contributed by atoms with Crippen LogP contribution in [0, 0.1) is 5.82 Å². The minimum absolute atomic E-state index is 0.0874. The monoisotopic (exact) mass is 422 g/mol. The highest BCUT2D eigenvalue weighted by Crippen LogP contribution is 2.38. The topological polar surface area (TPSA) is 63.0 Å². The van der Waals surface area contributed by atoms with Gasteiger partial charge in [-0.05, 0) is 36.2 Å². The number of hydrogen-bond donors (Lipinski definition) is 0. The molecule has 7 heteroatoms. The van der Waals surface area contributed by atoms with Gasteiger partial charge < -0.3 is 14.1 Å². The van der Waals surface area contributed by atoms with E-state index < -0.39 is 6.04 Å². The van der Waals surface area contributed by atoms with Crippen LogP contribution in [-0.2, 0) is 4.74 Å². The highest BCUT2D eigenvalue weighted by atomic mass is 19.1. The Kier molecular flexibility index (Phi) is 5.29. The SMILES string of the molecule is O=C1c2oc3ccccc3c(=O)c2C(c2ccc(F)cc2)N1CCCN1CCOCC1. The first-order valence-corrected chi connectivity index (χ1v) is 10.6. The zero-order valence-electron chi connectivity index (χ0n) is 17.1. The summed E-state index contributed by atoms with van der Waals surface area (Å²) >= 11 is 0. The molecule has 5 rings (SSSR count). The second kappa shape index (κ2) is 8.24. The van der Waals surface area contributed by atoms with Crippen LogP contribution < -0.4 is 5.43 Å². The van der Waals surface area contributed by atoms with Crippen molar-refractivity contribution in [3.05, 3.63) is 81.5 Å². The molecule has 0 saturated carbocycles. The fraction of sp³-hybridized carbons (Fsp3) is 0.333. The molecule has 0 spiro atoms. The lowest BCUT2D eigenvalue weighted by Crippen LogP contribution is -2.38. The van der Waals surface area contributed by atoms with Crippen molar-refractivity contribution < 1.29 is 18.3 Å². The van der Waals surface area contributed by atoms with E-state index >= 15 is 0 Å². The lowest BCUT2D eigenvalue weighted by molar-refractivity contribution is 0.0353. The predicted molar refractivity (Wildman–Crippen MR) is 114 cm³/mol. The zero-order chi connectivity index (χ0) is 21.4. The van der Waals surface area contributed by atoms with E-state index in [2.05, 4.69) is 4.90 Å². The number of morpholine rings is 1. The van der Waals surface area contributed by atoms with Gasteiger partial charge >= 0.3 is 0 Å². The molecule has 0 aliphatic carbocycles. The summed E-state index contributed by atoms with van der Waals surface area (Å²) in [5.41, 5.74) is 1.21. The van der Waals surface area contributed by atoms with Crippen LogP contribution in [0.25, 0.3) is 11.0 Å². The van der Waals surface area contributed by atoms with Crippen molar-refractivity contribution in [2.24, 2.45) is 0 Å². The molecule has 160 valence electrons. The van der Waals surface area contributed by atoms with E-state index in [4.69, 9.17) is 9.15 Å². The molecule has 3 aromatic rings. The number of hydrogen-bond acceptors (Lipinski definition) is 5. The van der Waals surface area contributed by atoms with Gasteiger partial charge in [-0.2, -0.15) is 0 Å². The minimum Gasteiger partial charge on any atom is -0.450 e. The molecule has 1 saturated heterocycles. The Labute approximate surface area is 178 Å². The van der Waals surface area contributed by atoms with Crippen LogP contribution in [0.3, 0.4) is 0 Å². The predicted octanol–water partition coefficient (Wildman–Crippen LogP) is 3.20. The van der Waals surface area contributed by atoms with Gasteiger partial charge in [-0.15, -0.1) is 0 Å². The summed E-state index contributed by atoms with van der Waals surface area (Å²) in [5.74, 6) is -0.573. The fourth-order valence-electron chi connectivity index (χ4n) is 4.48. The largest absolute Gasteiger partial charge is 0.450 e. The first-order valence-electron chi connectivity index (χ1n) is 10.6. The molecule has 0 radical (unpaired) electrons. The molecule has 31 heavy (non-hydrogen) atoms.